The zero-order chi connectivity index (χ0) is 12.7. The minimum Gasteiger partial charge on any atom is -0.496 e. The maximum atomic E-state index is 5.50. The van der Waals surface area contributed by atoms with Crippen molar-refractivity contribution >= 4 is 31.9 Å². The molecular weight excluding hydrogens is 356 g/mol. The lowest BCUT2D eigenvalue weighted by Crippen LogP contribution is -1.99. The maximum absolute atomic E-state index is 5.50. The lowest BCUT2D eigenvalue weighted by atomic mass is 10.0. The first-order valence-electron chi connectivity index (χ1n) is 6.70. The smallest absolute Gasteiger partial charge is 0.123 e. The summed E-state index contributed by atoms with van der Waals surface area (Å²) in [6.07, 6.45) is 5.70. The summed E-state index contributed by atoms with van der Waals surface area (Å²) >= 11 is 7.49. The minimum atomic E-state index is 0.443. The Balaban J connectivity index is 1.84. The van der Waals surface area contributed by atoms with Crippen LogP contribution in [0.25, 0.3) is 0 Å². The molecule has 0 N–H and O–H groups in total. The molecule has 2 aliphatic carbocycles. The minimum absolute atomic E-state index is 0.443. The predicted octanol–water partition coefficient (Wildman–Crippen LogP) is 5.33. The Labute approximate surface area is 126 Å². The van der Waals surface area contributed by atoms with Crippen LogP contribution >= 0.6 is 31.9 Å². The first-order valence-corrected chi connectivity index (χ1v) is 8.40. The van der Waals surface area contributed by atoms with Gasteiger partial charge in [-0.15, -0.1) is 0 Å². The van der Waals surface area contributed by atoms with E-state index < -0.39 is 0 Å². The van der Waals surface area contributed by atoms with Gasteiger partial charge in [-0.05, 0) is 48.8 Å². The summed E-state index contributed by atoms with van der Waals surface area (Å²) in [6, 6.07) is 6.30. The van der Waals surface area contributed by atoms with Gasteiger partial charge in [0, 0.05) is 14.9 Å². The highest BCUT2D eigenvalue weighted by atomic mass is 79.9. The van der Waals surface area contributed by atoms with E-state index in [1.54, 1.807) is 7.11 Å². The number of rotatable bonds is 3. The lowest BCUT2D eigenvalue weighted by molar-refractivity contribution is 0.407. The molecule has 0 heterocycles. The fourth-order valence-corrected chi connectivity index (χ4v) is 5.13. The second-order valence-electron chi connectivity index (χ2n) is 5.48. The number of ether oxygens (including phenoxy) is 1. The molecule has 0 amide bonds. The third kappa shape index (κ3) is 2.24. The Morgan fingerprint density at radius 2 is 1.89 bits per heavy atom. The average molecular weight is 374 g/mol. The number of hydrogen-bond acceptors (Lipinski definition) is 1. The van der Waals surface area contributed by atoms with Crippen molar-refractivity contribution in [1.29, 1.82) is 0 Å². The molecular formula is C15H18Br2O. The van der Waals surface area contributed by atoms with Gasteiger partial charge < -0.3 is 4.74 Å². The molecule has 3 unspecified atom stereocenters. The van der Waals surface area contributed by atoms with Gasteiger partial charge in [0.05, 0.1) is 7.11 Å². The van der Waals surface area contributed by atoms with E-state index in [9.17, 15) is 0 Å². The van der Waals surface area contributed by atoms with Crippen molar-refractivity contribution in [2.45, 2.75) is 30.5 Å². The highest BCUT2D eigenvalue weighted by Crippen LogP contribution is 2.63. The largest absolute Gasteiger partial charge is 0.496 e. The topological polar surface area (TPSA) is 9.23 Å². The second-order valence-corrected chi connectivity index (χ2v) is 7.38. The standard InChI is InChI=1S/C15H18Br2O/c1-18-13-7-6-9(16)8-12(13)15(17)14-10-4-2-3-5-11(10)14/h6-8,10-11,14-15H,2-5H2,1H3. The molecule has 1 aromatic rings. The first kappa shape index (κ1) is 13.0. The van der Waals surface area contributed by atoms with Gasteiger partial charge in [-0.3, -0.25) is 0 Å². The number of methoxy groups -OCH3 is 1. The molecule has 98 valence electrons. The molecule has 2 fully saturated rings. The summed E-state index contributed by atoms with van der Waals surface area (Å²) in [4.78, 5) is 0.443. The van der Waals surface area contributed by atoms with E-state index in [-0.39, 0.29) is 0 Å². The monoisotopic (exact) mass is 372 g/mol. The zero-order valence-corrected chi connectivity index (χ0v) is 13.7. The molecule has 0 aliphatic heterocycles. The summed E-state index contributed by atoms with van der Waals surface area (Å²) in [5.41, 5.74) is 1.30. The second kappa shape index (κ2) is 5.16. The van der Waals surface area contributed by atoms with Crippen LogP contribution < -0.4 is 4.74 Å². The van der Waals surface area contributed by atoms with Crippen LogP contribution in [0, 0.1) is 17.8 Å². The van der Waals surface area contributed by atoms with Crippen LogP contribution in [0.2, 0.25) is 0 Å². The molecule has 2 aliphatic rings. The van der Waals surface area contributed by atoms with E-state index in [0.717, 1.165) is 28.0 Å². The molecule has 0 saturated heterocycles. The van der Waals surface area contributed by atoms with Gasteiger partial charge in [-0.1, -0.05) is 44.7 Å². The molecule has 0 aromatic heterocycles. The van der Waals surface area contributed by atoms with Gasteiger partial charge >= 0.3 is 0 Å². The third-order valence-corrected chi connectivity index (χ3v) is 6.15. The van der Waals surface area contributed by atoms with Crippen LogP contribution in [0.3, 0.4) is 0 Å². The van der Waals surface area contributed by atoms with E-state index in [4.69, 9.17) is 4.74 Å². The van der Waals surface area contributed by atoms with Gasteiger partial charge in [0.25, 0.3) is 0 Å². The Bertz CT molecular complexity index is 434. The summed E-state index contributed by atoms with van der Waals surface area (Å²) in [5, 5.41) is 0. The van der Waals surface area contributed by atoms with Crippen LogP contribution in [0.1, 0.15) is 36.1 Å². The van der Waals surface area contributed by atoms with Crippen molar-refractivity contribution in [1.82, 2.24) is 0 Å². The van der Waals surface area contributed by atoms with Crippen molar-refractivity contribution in [2.75, 3.05) is 7.11 Å². The molecule has 18 heavy (non-hydrogen) atoms. The summed E-state index contributed by atoms with van der Waals surface area (Å²) in [5.74, 6) is 3.72. The highest BCUT2D eigenvalue weighted by molar-refractivity contribution is 9.10. The van der Waals surface area contributed by atoms with E-state index in [1.807, 2.05) is 6.07 Å². The molecule has 2 saturated carbocycles. The number of alkyl halides is 1. The quantitative estimate of drug-likeness (QED) is 0.650. The van der Waals surface area contributed by atoms with E-state index >= 15 is 0 Å². The van der Waals surface area contributed by atoms with Gasteiger partial charge in [-0.2, -0.15) is 0 Å². The normalized spacial score (nSPS) is 31.6. The Morgan fingerprint density at radius 3 is 2.50 bits per heavy atom. The fraction of sp³-hybridized carbons (Fsp3) is 0.600. The van der Waals surface area contributed by atoms with Gasteiger partial charge in [0.1, 0.15) is 5.75 Å². The van der Waals surface area contributed by atoms with Crippen molar-refractivity contribution in [2.24, 2.45) is 17.8 Å². The van der Waals surface area contributed by atoms with Crippen molar-refractivity contribution in [3.63, 3.8) is 0 Å². The number of halogens is 2. The Morgan fingerprint density at radius 1 is 1.22 bits per heavy atom. The first-order chi connectivity index (χ1) is 8.72. The number of hydrogen-bond donors (Lipinski definition) is 0. The third-order valence-electron chi connectivity index (χ3n) is 4.55. The summed E-state index contributed by atoms with van der Waals surface area (Å²) < 4.78 is 6.63. The van der Waals surface area contributed by atoms with Crippen molar-refractivity contribution < 1.29 is 4.74 Å². The highest BCUT2D eigenvalue weighted by Gasteiger charge is 2.54. The average Bonchev–Trinajstić information content (AvgIpc) is 3.12. The molecule has 0 radical (unpaired) electrons. The lowest BCUT2D eigenvalue weighted by Gasteiger charge is -2.15. The molecule has 0 bridgehead atoms. The Hall–Kier alpha value is -0.0200. The summed E-state index contributed by atoms with van der Waals surface area (Å²) in [7, 11) is 1.76. The molecule has 3 heteroatoms. The van der Waals surface area contributed by atoms with E-state index in [2.05, 4.69) is 44.0 Å². The van der Waals surface area contributed by atoms with Crippen molar-refractivity contribution in [3.05, 3.63) is 28.2 Å². The number of fused-ring (bicyclic) bond motifs is 1. The molecule has 1 nitrogen and oxygen atoms in total. The van der Waals surface area contributed by atoms with E-state index in [0.29, 0.717) is 4.83 Å². The maximum Gasteiger partial charge on any atom is 0.123 e. The van der Waals surface area contributed by atoms with Crippen LogP contribution in [0.5, 0.6) is 5.75 Å². The van der Waals surface area contributed by atoms with Gasteiger partial charge in [0.15, 0.2) is 0 Å². The predicted molar refractivity (Wildman–Crippen MR) is 81.3 cm³/mol. The zero-order valence-electron chi connectivity index (χ0n) is 10.5. The van der Waals surface area contributed by atoms with Crippen LogP contribution in [-0.4, -0.2) is 7.11 Å². The Kier molecular flexibility index (Phi) is 3.72. The molecule has 3 rings (SSSR count). The molecule has 0 spiro atoms. The van der Waals surface area contributed by atoms with Crippen LogP contribution in [0.4, 0.5) is 0 Å². The molecule has 3 atom stereocenters. The number of benzene rings is 1. The summed E-state index contributed by atoms with van der Waals surface area (Å²) in [6.45, 7) is 0. The SMILES string of the molecule is COc1ccc(Br)cc1C(Br)C1C2CCCCC21. The van der Waals surface area contributed by atoms with Gasteiger partial charge in [-0.25, -0.2) is 0 Å². The molecule has 1 aromatic carbocycles. The van der Waals surface area contributed by atoms with Crippen LogP contribution in [0.15, 0.2) is 22.7 Å². The van der Waals surface area contributed by atoms with Crippen molar-refractivity contribution in [3.8, 4) is 5.75 Å². The van der Waals surface area contributed by atoms with Crippen LogP contribution in [-0.2, 0) is 0 Å². The van der Waals surface area contributed by atoms with Gasteiger partial charge in [0.2, 0.25) is 0 Å². The fourth-order valence-electron chi connectivity index (χ4n) is 3.61. The van der Waals surface area contributed by atoms with E-state index in [1.165, 1.54) is 31.2 Å².